The van der Waals surface area contributed by atoms with Crippen LogP contribution in [0.15, 0.2) is 29.4 Å². The number of piperidine rings is 1. The number of carbonyl (C=O) groups is 1. The Kier molecular flexibility index (Phi) is 3.98. The van der Waals surface area contributed by atoms with E-state index >= 15 is 0 Å². The molecule has 1 aromatic carbocycles. The van der Waals surface area contributed by atoms with Crippen molar-refractivity contribution in [3.63, 3.8) is 0 Å². The van der Waals surface area contributed by atoms with Crippen molar-refractivity contribution in [1.29, 1.82) is 5.26 Å². The van der Waals surface area contributed by atoms with Gasteiger partial charge in [-0.1, -0.05) is 5.16 Å². The fourth-order valence-corrected chi connectivity index (χ4v) is 1.75. The minimum Gasteiger partial charge on any atom is -0.465 e. The molecule has 98 valence electrons. The predicted octanol–water partition coefficient (Wildman–Crippen LogP) is 2.07. The average molecular weight is 259 g/mol. The van der Waals surface area contributed by atoms with Gasteiger partial charge in [0, 0.05) is 25.9 Å². The Labute approximate surface area is 110 Å². The van der Waals surface area contributed by atoms with Gasteiger partial charge in [0.2, 0.25) is 0 Å². The van der Waals surface area contributed by atoms with Crippen LogP contribution in [0.3, 0.4) is 0 Å². The summed E-state index contributed by atoms with van der Waals surface area (Å²) in [5.74, 6) is 0.562. The molecule has 0 aliphatic carbocycles. The van der Waals surface area contributed by atoms with E-state index in [4.69, 9.17) is 15.2 Å². The van der Waals surface area contributed by atoms with E-state index in [0.717, 1.165) is 5.71 Å². The van der Waals surface area contributed by atoms with E-state index in [-0.39, 0.29) is 0 Å². The van der Waals surface area contributed by atoms with E-state index < -0.39 is 6.09 Å². The molecule has 1 saturated heterocycles. The van der Waals surface area contributed by atoms with E-state index in [0.29, 0.717) is 37.2 Å². The molecular formula is C13H13N3O3. The van der Waals surface area contributed by atoms with E-state index in [1.54, 1.807) is 24.3 Å². The Morgan fingerprint density at radius 2 is 1.95 bits per heavy atom. The quantitative estimate of drug-likeness (QED) is 0.824. The van der Waals surface area contributed by atoms with Crippen LogP contribution in [0, 0.1) is 11.3 Å². The van der Waals surface area contributed by atoms with Crippen molar-refractivity contribution in [2.75, 3.05) is 13.1 Å². The molecule has 0 aromatic heterocycles. The number of rotatable bonds is 2. The van der Waals surface area contributed by atoms with Gasteiger partial charge < -0.3 is 14.8 Å². The fraction of sp³-hybridized carbons (Fsp3) is 0.308. The van der Waals surface area contributed by atoms with Gasteiger partial charge in [0.1, 0.15) is 0 Å². The van der Waals surface area contributed by atoms with Crippen LogP contribution in [0.1, 0.15) is 18.4 Å². The lowest BCUT2D eigenvalue weighted by Gasteiger charge is -2.24. The summed E-state index contributed by atoms with van der Waals surface area (Å²) < 4.78 is 0. The van der Waals surface area contributed by atoms with E-state index in [9.17, 15) is 4.79 Å². The number of hydrogen-bond donors (Lipinski definition) is 1. The average Bonchev–Trinajstić information content (AvgIpc) is 2.46. The normalized spacial score (nSPS) is 14.7. The van der Waals surface area contributed by atoms with Crippen LogP contribution < -0.4 is 4.84 Å². The number of benzene rings is 1. The molecule has 0 radical (unpaired) electrons. The first-order valence-electron chi connectivity index (χ1n) is 5.90. The Balaban J connectivity index is 1.89. The Morgan fingerprint density at radius 3 is 2.47 bits per heavy atom. The standard InChI is InChI=1S/C13H13N3O3/c14-9-10-1-3-12(4-2-10)19-15-11-5-7-16(8-6-11)13(17)18/h1-4H,5-8H2,(H,17,18). The van der Waals surface area contributed by atoms with Crippen LogP contribution in [-0.4, -0.2) is 34.9 Å². The first-order valence-corrected chi connectivity index (χ1v) is 5.90. The number of carboxylic acid groups (broad SMARTS) is 1. The van der Waals surface area contributed by atoms with Crippen molar-refractivity contribution < 1.29 is 14.7 Å². The molecule has 2 rings (SSSR count). The highest BCUT2D eigenvalue weighted by Crippen LogP contribution is 2.13. The summed E-state index contributed by atoms with van der Waals surface area (Å²) in [5.41, 5.74) is 1.41. The van der Waals surface area contributed by atoms with Crippen molar-refractivity contribution in [2.45, 2.75) is 12.8 Å². The number of nitriles is 1. The number of amides is 1. The molecule has 6 heteroatoms. The molecule has 0 saturated carbocycles. The predicted molar refractivity (Wildman–Crippen MR) is 68.1 cm³/mol. The zero-order valence-corrected chi connectivity index (χ0v) is 10.2. The van der Waals surface area contributed by atoms with E-state index in [1.165, 1.54) is 4.90 Å². The molecular weight excluding hydrogens is 246 g/mol. The van der Waals surface area contributed by atoms with E-state index in [1.807, 2.05) is 6.07 Å². The molecule has 0 bridgehead atoms. The third-order valence-electron chi connectivity index (χ3n) is 2.87. The zero-order chi connectivity index (χ0) is 13.7. The summed E-state index contributed by atoms with van der Waals surface area (Å²) in [6.07, 6.45) is 0.276. The molecule has 19 heavy (non-hydrogen) atoms. The largest absolute Gasteiger partial charge is 0.465 e. The third-order valence-corrected chi connectivity index (χ3v) is 2.87. The highest BCUT2D eigenvalue weighted by molar-refractivity contribution is 5.86. The summed E-state index contributed by atoms with van der Waals surface area (Å²) in [6.45, 7) is 0.899. The smallest absolute Gasteiger partial charge is 0.407 e. The summed E-state index contributed by atoms with van der Waals surface area (Å²) in [7, 11) is 0. The second-order valence-electron chi connectivity index (χ2n) is 4.15. The fourth-order valence-electron chi connectivity index (χ4n) is 1.75. The summed E-state index contributed by atoms with van der Waals surface area (Å²) in [4.78, 5) is 17.3. The first kappa shape index (κ1) is 12.9. The van der Waals surface area contributed by atoms with Crippen molar-refractivity contribution in [2.24, 2.45) is 5.16 Å². The molecule has 0 spiro atoms. The van der Waals surface area contributed by atoms with Gasteiger partial charge in [-0.25, -0.2) is 4.79 Å². The van der Waals surface area contributed by atoms with Gasteiger partial charge in [0.25, 0.3) is 0 Å². The summed E-state index contributed by atoms with van der Waals surface area (Å²) in [6, 6.07) is 8.68. The van der Waals surface area contributed by atoms with Crippen LogP contribution in [-0.2, 0) is 0 Å². The van der Waals surface area contributed by atoms with Crippen molar-refractivity contribution >= 4 is 11.8 Å². The number of likely N-dealkylation sites (tertiary alicyclic amines) is 1. The maximum absolute atomic E-state index is 10.7. The molecule has 1 heterocycles. The first-order chi connectivity index (χ1) is 9.19. The van der Waals surface area contributed by atoms with Gasteiger partial charge >= 0.3 is 6.09 Å². The van der Waals surface area contributed by atoms with Crippen LogP contribution in [0.2, 0.25) is 0 Å². The highest BCUT2D eigenvalue weighted by Gasteiger charge is 2.19. The molecule has 1 aliphatic heterocycles. The van der Waals surface area contributed by atoms with Crippen molar-refractivity contribution in [1.82, 2.24) is 4.90 Å². The molecule has 1 aromatic rings. The van der Waals surface area contributed by atoms with Crippen molar-refractivity contribution in [3.05, 3.63) is 29.8 Å². The van der Waals surface area contributed by atoms with Gasteiger partial charge in [0.15, 0.2) is 5.75 Å². The summed E-state index contributed by atoms with van der Waals surface area (Å²) >= 11 is 0. The lowest BCUT2D eigenvalue weighted by Crippen LogP contribution is -2.37. The molecule has 1 fully saturated rings. The molecule has 1 aliphatic rings. The van der Waals surface area contributed by atoms with Gasteiger partial charge in [-0.2, -0.15) is 5.26 Å². The number of oxime groups is 1. The topological polar surface area (TPSA) is 85.9 Å². The third kappa shape index (κ3) is 3.45. The van der Waals surface area contributed by atoms with Crippen molar-refractivity contribution in [3.8, 4) is 11.8 Å². The van der Waals surface area contributed by atoms with Gasteiger partial charge in [-0.15, -0.1) is 0 Å². The second-order valence-corrected chi connectivity index (χ2v) is 4.15. The molecule has 1 N–H and O–H groups in total. The zero-order valence-electron chi connectivity index (χ0n) is 10.2. The van der Waals surface area contributed by atoms with Crippen LogP contribution in [0.25, 0.3) is 0 Å². The lowest BCUT2D eigenvalue weighted by atomic mass is 10.1. The number of nitrogens with zero attached hydrogens (tertiary/aromatic N) is 3. The maximum Gasteiger partial charge on any atom is 0.407 e. The van der Waals surface area contributed by atoms with Crippen LogP contribution in [0.5, 0.6) is 5.75 Å². The number of hydrogen-bond acceptors (Lipinski definition) is 4. The molecule has 0 unspecified atom stereocenters. The van der Waals surface area contributed by atoms with Gasteiger partial charge in [0.05, 0.1) is 17.3 Å². The van der Waals surface area contributed by atoms with Crippen LogP contribution in [0.4, 0.5) is 4.79 Å². The van der Waals surface area contributed by atoms with E-state index in [2.05, 4.69) is 5.16 Å². The monoisotopic (exact) mass is 259 g/mol. The Bertz CT molecular complexity index is 521. The van der Waals surface area contributed by atoms with Gasteiger partial charge in [-0.05, 0) is 24.3 Å². The lowest BCUT2D eigenvalue weighted by molar-refractivity contribution is 0.144. The summed E-state index contributed by atoms with van der Waals surface area (Å²) in [5, 5.41) is 21.5. The minimum atomic E-state index is -0.896. The Hall–Kier alpha value is -2.55. The Morgan fingerprint density at radius 1 is 1.32 bits per heavy atom. The minimum absolute atomic E-state index is 0.449. The molecule has 0 atom stereocenters. The van der Waals surface area contributed by atoms with Gasteiger partial charge in [-0.3, -0.25) is 0 Å². The molecule has 6 nitrogen and oxygen atoms in total. The molecule has 1 amide bonds. The maximum atomic E-state index is 10.7. The van der Waals surface area contributed by atoms with Crippen LogP contribution >= 0.6 is 0 Å². The second kappa shape index (κ2) is 5.87. The highest BCUT2D eigenvalue weighted by atomic mass is 16.6. The SMILES string of the molecule is N#Cc1ccc(ON=C2CCN(C(=O)O)CC2)cc1.